The minimum atomic E-state index is -0.119. The van der Waals surface area contributed by atoms with Gasteiger partial charge in [0.15, 0.2) is 0 Å². The molecule has 0 saturated carbocycles. The molecule has 1 aliphatic rings. The van der Waals surface area contributed by atoms with Gasteiger partial charge in [-0.1, -0.05) is 0 Å². The maximum Gasteiger partial charge on any atom is 0.251 e. The number of nitrogens with one attached hydrogen (secondary N) is 1. The fourth-order valence-corrected chi connectivity index (χ4v) is 3.40. The Hall–Kier alpha value is -2.87. The van der Waals surface area contributed by atoms with Gasteiger partial charge >= 0.3 is 0 Å². The van der Waals surface area contributed by atoms with Crippen molar-refractivity contribution in [1.82, 2.24) is 24.6 Å². The van der Waals surface area contributed by atoms with Crippen LogP contribution in [0.3, 0.4) is 0 Å². The van der Waals surface area contributed by atoms with Crippen molar-refractivity contribution in [3.63, 3.8) is 0 Å². The molecule has 8 nitrogen and oxygen atoms in total. The third-order valence-electron chi connectivity index (χ3n) is 4.99. The van der Waals surface area contributed by atoms with E-state index in [0.29, 0.717) is 18.8 Å². The lowest BCUT2D eigenvalue weighted by Crippen LogP contribution is -2.37. The number of nitrogens with zero attached hydrogens (tertiary/aromatic N) is 5. The quantitative estimate of drug-likeness (QED) is 0.757. The number of anilines is 1. The third kappa shape index (κ3) is 3.40. The van der Waals surface area contributed by atoms with Crippen molar-refractivity contribution < 1.29 is 9.53 Å². The van der Waals surface area contributed by atoms with Crippen LogP contribution in [0.15, 0.2) is 30.6 Å². The van der Waals surface area contributed by atoms with Crippen LogP contribution in [0.2, 0.25) is 0 Å². The van der Waals surface area contributed by atoms with Crippen LogP contribution in [0, 0.1) is 0 Å². The Bertz CT molecular complexity index is 970. The van der Waals surface area contributed by atoms with E-state index in [2.05, 4.69) is 19.9 Å². The van der Waals surface area contributed by atoms with Crippen LogP contribution >= 0.6 is 0 Å². The molecule has 4 rings (SSSR count). The molecule has 2 aromatic heterocycles. The molecule has 27 heavy (non-hydrogen) atoms. The van der Waals surface area contributed by atoms with Gasteiger partial charge in [-0.05, 0) is 25.1 Å². The Balaban J connectivity index is 1.56. The highest BCUT2D eigenvalue weighted by Crippen LogP contribution is 2.23. The number of ether oxygens (including phenoxy) is 1. The lowest BCUT2D eigenvalue weighted by Gasteiger charge is -2.27. The van der Waals surface area contributed by atoms with Gasteiger partial charge < -0.3 is 19.5 Å². The summed E-state index contributed by atoms with van der Waals surface area (Å²) in [5.74, 6) is 0.793. The lowest BCUT2D eigenvalue weighted by atomic mass is 10.1. The van der Waals surface area contributed by atoms with Crippen LogP contribution < -0.4 is 10.2 Å². The van der Waals surface area contributed by atoms with Crippen LogP contribution in [-0.2, 0) is 18.8 Å². The Morgan fingerprint density at radius 1 is 1.26 bits per heavy atom. The third-order valence-corrected chi connectivity index (χ3v) is 4.99. The second kappa shape index (κ2) is 7.03. The van der Waals surface area contributed by atoms with Crippen LogP contribution in [0.4, 0.5) is 5.95 Å². The van der Waals surface area contributed by atoms with Gasteiger partial charge in [0.05, 0.1) is 36.5 Å². The minimum Gasteiger partial charge on any atom is -0.378 e. The van der Waals surface area contributed by atoms with Crippen molar-refractivity contribution in [2.75, 3.05) is 31.2 Å². The van der Waals surface area contributed by atoms with E-state index < -0.39 is 0 Å². The van der Waals surface area contributed by atoms with Crippen molar-refractivity contribution in [1.29, 1.82) is 0 Å². The van der Waals surface area contributed by atoms with Gasteiger partial charge in [-0.3, -0.25) is 9.48 Å². The fraction of sp³-hybridized carbons (Fsp3) is 0.421. The van der Waals surface area contributed by atoms with Crippen molar-refractivity contribution in [2.45, 2.75) is 13.0 Å². The van der Waals surface area contributed by atoms with Crippen molar-refractivity contribution in [3.05, 3.63) is 41.7 Å². The fourth-order valence-electron chi connectivity index (χ4n) is 3.40. The van der Waals surface area contributed by atoms with E-state index in [1.807, 2.05) is 45.4 Å². The molecular weight excluding hydrogens is 344 g/mol. The molecule has 1 saturated heterocycles. The minimum absolute atomic E-state index is 0.116. The van der Waals surface area contributed by atoms with E-state index in [-0.39, 0.29) is 11.9 Å². The number of carbonyl (C=O) groups is 1. The molecule has 142 valence electrons. The second-order valence-electron chi connectivity index (χ2n) is 6.92. The maximum absolute atomic E-state index is 12.7. The molecule has 1 aliphatic heterocycles. The first-order chi connectivity index (χ1) is 13.0. The summed E-state index contributed by atoms with van der Waals surface area (Å²) in [6.07, 6.45) is 3.67. The number of amides is 1. The van der Waals surface area contributed by atoms with Crippen LogP contribution in [0.5, 0.6) is 0 Å². The highest BCUT2D eigenvalue weighted by Gasteiger charge is 2.19. The van der Waals surface area contributed by atoms with E-state index in [1.165, 1.54) is 0 Å². The van der Waals surface area contributed by atoms with E-state index in [4.69, 9.17) is 9.72 Å². The molecule has 1 aromatic carbocycles. The predicted molar refractivity (Wildman–Crippen MR) is 103 cm³/mol. The zero-order valence-electron chi connectivity index (χ0n) is 15.8. The Kier molecular flexibility index (Phi) is 4.57. The van der Waals surface area contributed by atoms with Crippen molar-refractivity contribution in [2.24, 2.45) is 14.1 Å². The summed E-state index contributed by atoms with van der Waals surface area (Å²) in [4.78, 5) is 19.6. The summed E-state index contributed by atoms with van der Waals surface area (Å²) in [5.41, 5.74) is 3.40. The Morgan fingerprint density at radius 3 is 2.74 bits per heavy atom. The first-order valence-electron chi connectivity index (χ1n) is 9.11. The van der Waals surface area contributed by atoms with Gasteiger partial charge in [0.25, 0.3) is 5.91 Å². The Morgan fingerprint density at radius 2 is 2.04 bits per heavy atom. The smallest absolute Gasteiger partial charge is 0.251 e. The highest BCUT2D eigenvalue weighted by atomic mass is 16.5. The van der Waals surface area contributed by atoms with Gasteiger partial charge in [-0.25, -0.2) is 4.98 Å². The number of hydrogen-bond donors (Lipinski definition) is 1. The summed E-state index contributed by atoms with van der Waals surface area (Å²) < 4.78 is 9.22. The molecule has 1 N–H and O–H groups in total. The molecule has 1 atom stereocenters. The molecule has 0 spiro atoms. The van der Waals surface area contributed by atoms with E-state index in [9.17, 15) is 4.79 Å². The maximum atomic E-state index is 12.7. The summed E-state index contributed by atoms with van der Waals surface area (Å²) in [6.45, 7) is 5.02. The Labute approximate surface area is 157 Å². The first-order valence-corrected chi connectivity index (χ1v) is 9.11. The predicted octanol–water partition coefficient (Wildman–Crippen LogP) is 1.63. The number of fused-ring (bicyclic) bond motifs is 1. The molecule has 3 aromatic rings. The normalized spacial score (nSPS) is 15.9. The molecule has 8 heteroatoms. The molecular formula is C19H24N6O2. The summed E-state index contributed by atoms with van der Waals surface area (Å²) >= 11 is 0. The number of imidazole rings is 1. The van der Waals surface area contributed by atoms with E-state index >= 15 is 0 Å². The molecule has 0 radical (unpaired) electrons. The van der Waals surface area contributed by atoms with Gasteiger partial charge in [0, 0.05) is 44.5 Å². The number of rotatable bonds is 4. The lowest BCUT2D eigenvalue weighted by molar-refractivity contribution is 0.0940. The van der Waals surface area contributed by atoms with Crippen molar-refractivity contribution >= 4 is 22.9 Å². The SMILES string of the molecule is CC(NC(=O)c1ccc2c(c1)nc(N1CCOCC1)n2C)c1cnn(C)c1. The van der Waals surface area contributed by atoms with Crippen molar-refractivity contribution in [3.8, 4) is 0 Å². The molecule has 1 unspecified atom stereocenters. The van der Waals surface area contributed by atoms with Gasteiger partial charge in [0.1, 0.15) is 0 Å². The number of morpholine rings is 1. The molecule has 3 heterocycles. The molecule has 1 fully saturated rings. The number of benzene rings is 1. The van der Waals surface area contributed by atoms with E-state index in [0.717, 1.165) is 35.6 Å². The molecule has 0 bridgehead atoms. The monoisotopic (exact) mass is 368 g/mol. The largest absolute Gasteiger partial charge is 0.378 e. The second-order valence-corrected chi connectivity index (χ2v) is 6.92. The van der Waals surface area contributed by atoms with Crippen LogP contribution in [0.1, 0.15) is 28.9 Å². The summed E-state index contributed by atoms with van der Waals surface area (Å²) in [5, 5.41) is 7.18. The number of aromatic nitrogens is 4. The first kappa shape index (κ1) is 17.5. The van der Waals surface area contributed by atoms with Crippen LogP contribution in [0.25, 0.3) is 11.0 Å². The number of aryl methyl sites for hydroxylation is 2. The average molecular weight is 368 g/mol. The van der Waals surface area contributed by atoms with Gasteiger partial charge in [-0.15, -0.1) is 0 Å². The van der Waals surface area contributed by atoms with Gasteiger partial charge in [-0.2, -0.15) is 5.10 Å². The van der Waals surface area contributed by atoms with E-state index in [1.54, 1.807) is 10.9 Å². The zero-order valence-corrected chi connectivity index (χ0v) is 15.8. The average Bonchev–Trinajstić information content (AvgIpc) is 3.26. The number of carbonyl (C=O) groups excluding carboxylic acids is 1. The van der Waals surface area contributed by atoms with Crippen LogP contribution in [-0.4, -0.2) is 51.5 Å². The zero-order chi connectivity index (χ0) is 19.0. The summed E-state index contributed by atoms with van der Waals surface area (Å²) in [7, 11) is 3.86. The standard InChI is InChI=1S/C19H24N6O2/c1-13(15-11-20-23(2)12-15)21-18(26)14-4-5-17-16(10-14)22-19(24(17)3)25-6-8-27-9-7-25/h4-5,10-13H,6-9H2,1-3H3,(H,21,26). The highest BCUT2D eigenvalue weighted by molar-refractivity contribution is 5.98. The molecule has 0 aliphatic carbocycles. The number of hydrogen-bond acceptors (Lipinski definition) is 5. The topological polar surface area (TPSA) is 77.2 Å². The van der Waals surface area contributed by atoms with Gasteiger partial charge in [0.2, 0.25) is 5.95 Å². The summed E-state index contributed by atoms with van der Waals surface area (Å²) in [6, 6.07) is 5.54. The molecule has 1 amide bonds.